The van der Waals surface area contributed by atoms with Gasteiger partial charge in [-0.25, -0.2) is 0 Å². The molecule has 0 aromatic heterocycles. The first kappa shape index (κ1) is 15.2. The van der Waals surface area contributed by atoms with Crippen LogP contribution in [-0.2, 0) is 11.2 Å². The highest BCUT2D eigenvalue weighted by atomic mass is 16.3. The van der Waals surface area contributed by atoms with E-state index in [0.717, 1.165) is 5.56 Å². The number of hydrogen-bond donors (Lipinski definition) is 2. The summed E-state index contributed by atoms with van der Waals surface area (Å²) in [5, 5.41) is 21.2. The molecule has 0 saturated heterocycles. The van der Waals surface area contributed by atoms with Gasteiger partial charge in [0.05, 0.1) is 18.7 Å². The lowest BCUT2D eigenvalue weighted by Crippen LogP contribution is -2.46. The van der Waals surface area contributed by atoms with Crippen LogP contribution in [0, 0.1) is 16.7 Å². The van der Waals surface area contributed by atoms with E-state index < -0.39 is 5.41 Å². The lowest BCUT2D eigenvalue weighted by atomic mass is 9.88. The highest BCUT2D eigenvalue weighted by molar-refractivity contribution is 5.85. The molecule has 2 N–H and O–H groups in total. The van der Waals surface area contributed by atoms with Crippen LogP contribution >= 0.6 is 0 Å². The van der Waals surface area contributed by atoms with E-state index in [4.69, 9.17) is 5.26 Å². The largest absolute Gasteiger partial charge is 0.394 e. The van der Waals surface area contributed by atoms with Gasteiger partial charge in [0, 0.05) is 0 Å². The Balaban J connectivity index is 2.68. The number of nitrogens with zero attached hydrogens (tertiary/aromatic N) is 1. The lowest BCUT2D eigenvalue weighted by Gasteiger charge is -2.23. The van der Waals surface area contributed by atoms with E-state index in [-0.39, 0.29) is 18.6 Å². The normalized spacial score (nSPS) is 15.1. The van der Waals surface area contributed by atoms with Gasteiger partial charge in [0.1, 0.15) is 5.41 Å². The predicted octanol–water partition coefficient (Wildman–Crippen LogP) is 1.65. The van der Waals surface area contributed by atoms with Crippen molar-refractivity contribution in [2.45, 2.75) is 32.7 Å². The Kier molecular flexibility index (Phi) is 5.53. The van der Waals surface area contributed by atoms with Crippen LogP contribution in [0.15, 0.2) is 30.3 Å². The second kappa shape index (κ2) is 6.91. The number of hydrogen-bond acceptors (Lipinski definition) is 3. The van der Waals surface area contributed by atoms with E-state index in [2.05, 4.69) is 5.32 Å². The summed E-state index contributed by atoms with van der Waals surface area (Å²) in [4.78, 5) is 12.0. The molecule has 4 nitrogen and oxygen atoms in total. The topological polar surface area (TPSA) is 73.1 Å². The molecule has 0 saturated carbocycles. The van der Waals surface area contributed by atoms with Crippen LogP contribution in [0.25, 0.3) is 0 Å². The molecule has 1 amide bonds. The summed E-state index contributed by atoms with van der Waals surface area (Å²) in [6, 6.07) is 11.3. The van der Waals surface area contributed by atoms with E-state index in [1.54, 1.807) is 13.8 Å². The Labute approximate surface area is 114 Å². The fraction of sp³-hybridized carbons (Fsp3) is 0.467. The van der Waals surface area contributed by atoms with Gasteiger partial charge in [-0.2, -0.15) is 5.26 Å². The molecule has 0 fully saturated rings. The third-order valence-corrected chi connectivity index (χ3v) is 3.34. The van der Waals surface area contributed by atoms with Crippen molar-refractivity contribution in [1.82, 2.24) is 5.32 Å². The molecule has 1 unspecified atom stereocenters. The number of nitriles is 1. The Morgan fingerprint density at radius 3 is 2.58 bits per heavy atom. The van der Waals surface area contributed by atoms with Crippen LogP contribution in [0.1, 0.15) is 25.8 Å². The van der Waals surface area contributed by atoms with Gasteiger partial charge in [-0.05, 0) is 25.3 Å². The molecular weight excluding hydrogens is 240 g/mol. The maximum Gasteiger partial charge on any atom is 0.240 e. The number of nitrogens with one attached hydrogen (secondary N) is 1. The van der Waals surface area contributed by atoms with Crippen molar-refractivity contribution in [3.63, 3.8) is 0 Å². The summed E-state index contributed by atoms with van der Waals surface area (Å²) in [7, 11) is 0. The van der Waals surface area contributed by atoms with E-state index in [1.807, 2.05) is 36.4 Å². The van der Waals surface area contributed by atoms with Crippen molar-refractivity contribution in [2.24, 2.45) is 5.41 Å². The Morgan fingerprint density at radius 1 is 1.47 bits per heavy atom. The SMILES string of the molecule is CCC(C)(C#N)C(=O)N[C@@H](CO)Cc1ccccc1. The van der Waals surface area contributed by atoms with Gasteiger partial charge in [0.2, 0.25) is 5.91 Å². The first-order chi connectivity index (χ1) is 9.05. The van der Waals surface area contributed by atoms with Gasteiger partial charge < -0.3 is 10.4 Å². The van der Waals surface area contributed by atoms with Crippen molar-refractivity contribution in [3.8, 4) is 6.07 Å². The fourth-order valence-corrected chi connectivity index (χ4v) is 1.69. The highest BCUT2D eigenvalue weighted by Crippen LogP contribution is 2.20. The van der Waals surface area contributed by atoms with Crippen LogP contribution in [0.4, 0.5) is 0 Å². The lowest BCUT2D eigenvalue weighted by molar-refractivity contribution is -0.128. The van der Waals surface area contributed by atoms with Crippen LogP contribution in [0.3, 0.4) is 0 Å². The van der Waals surface area contributed by atoms with Gasteiger partial charge in [0.25, 0.3) is 0 Å². The maximum atomic E-state index is 12.0. The van der Waals surface area contributed by atoms with Crippen LogP contribution in [-0.4, -0.2) is 23.7 Å². The molecule has 1 aromatic carbocycles. The molecule has 4 heteroatoms. The standard InChI is InChI=1S/C15H20N2O2/c1-3-15(2,11-16)14(19)17-13(10-18)9-12-7-5-4-6-8-12/h4-8,13,18H,3,9-10H2,1-2H3,(H,17,19)/t13-,15?/m1/s1. The Hall–Kier alpha value is -1.86. The summed E-state index contributed by atoms with van der Waals surface area (Å²) >= 11 is 0. The first-order valence-corrected chi connectivity index (χ1v) is 6.42. The molecule has 0 heterocycles. The summed E-state index contributed by atoms with van der Waals surface area (Å²) in [5.74, 6) is -0.326. The molecule has 0 aliphatic rings. The van der Waals surface area contributed by atoms with Gasteiger partial charge in [-0.1, -0.05) is 37.3 Å². The molecule has 2 atom stereocenters. The second-order valence-corrected chi connectivity index (χ2v) is 4.84. The quantitative estimate of drug-likeness (QED) is 0.816. The first-order valence-electron chi connectivity index (χ1n) is 6.42. The van der Waals surface area contributed by atoms with Crippen molar-refractivity contribution in [1.29, 1.82) is 5.26 Å². The summed E-state index contributed by atoms with van der Waals surface area (Å²) in [6.07, 6.45) is 0.993. The third kappa shape index (κ3) is 4.08. The monoisotopic (exact) mass is 260 g/mol. The third-order valence-electron chi connectivity index (χ3n) is 3.34. The molecule has 0 radical (unpaired) electrons. The van der Waals surface area contributed by atoms with E-state index in [9.17, 15) is 9.90 Å². The minimum absolute atomic E-state index is 0.147. The summed E-state index contributed by atoms with van der Waals surface area (Å²) in [5.41, 5.74) is 0.00131. The summed E-state index contributed by atoms with van der Waals surface area (Å²) in [6.45, 7) is 3.26. The molecule has 102 valence electrons. The van der Waals surface area contributed by atoms with Crippen LogP contribution in [0.2, 0.25) is 0 Å². The van der Waals surface area contributed by atoms with E-state index in [1.165, 1.54) is 0 Å². The minimum atomic E-state index is -1.04. The maximum absolute atomic E-state index is 12.0. The van der Waals surface area contributed by atoms with Crippen molar-refractivity contribution >= 4 is 5.91 Å². The van der Waals surface area contributed by atoms with Crippen LogP contribution < -0.4 is 5.32 Å². The number of amides is 1. The molecule has 0 aliphatic heterocycles. The number of rotatable bonds is 6. The number of carbonyl (C=O) groups is 1. The van der Waals surface area contributed by atoms with Crippen molar-refractivity contribution in [3.05, 3.63) is 35.9 Å². The average Bonchev–Trinajstić information content (AvgIpc) is 2.46. The number of carbonyl (C=O) groups excluding carboxylic acids is 1. The molecule has 1 rings (SSSR count). The van der Waals surface area contributed by atoms with Gasteiger partial charge >= 0.3 is 0 Å². The van der Waals surface area contributed by atoms with Gasteiger partial charge in [-0.15, -0.1) is 0 Å². The molecule has 1 aromatic rings. The Bertz CT molecular complexity index is 453. The zero-order chi connectivity index (χ0) is 14.3. The average molecular weight is 260 g/mol. The fourth-order valence-electron chi connectivity index (χ4n) is 1.69. The summed E-state index contributed by atoms with van der Waals surface area (Å²) < 4.78 is 0. The zero-order valence-electron chi connectivity index (χ0n) is 11.4. The Morgan fingerprint density at radius 2 is 2.11 bits per heavy atom. The molecule has 0 bridgehead atoms. The van der Waals surface area contributed by atoms with Crippen molar-refractivity contribution in [2.75, 3.05) is 6.61 Å². The second-order valence-electron chi connectivity index (χ2n) is 4.84. The molecule has 0 spiro atoms. The van der Waals surface area contributed by atoms with Crippen LogP contribution in [0.5, 0.6) is 0 Å². The zero-order valence-corrected chi connectivity index (χ0v) is 11.4. The smallest absolute Gasteiger partial charge is 0.240 e. The minimum Gasteiger partial charge on any atom is -0.394 e. The number of aliphatic hydroxyl groups excluding tert-OH is 1. The highest BCUT2D eigenvalue weighted by Gasteiger charge is 2.32. The van der Waals surface area contributed by atoms with Gasteiger partial charge in [-0.3, -0.25) is 4.79 Å². The molecule has 0 aliphatic carbocycles. The molecule has 19 heavy (non-hydrogen) atoms. The number of aliphatic hydroxyl groups is 1. The van der Waals surface area contributed by atoms with Crippen molar-refractivity contribution < 1.29 is 9.90 Å². The molecular formula is C15H20N2O2. The number of benzene rings is 1. The van der Waals surface area contributed by atoms with E-state index >= 15 is 0 Å². The van der Waals surface area contributed by atoms with E-state index in [0.29, 0.717) is 12.8 Å². The van der Waals surface area contributed by atoms with Gasteiger partial charge in [0.15, 0.2) is 0 Å². The predicted molar refractivity (Wildman–Crippen MR) is 73.2 cm³/mol.